The Bertz CT molecular complexity index is 1030. The van der Waals surface area contributed by atoms with Crippen LogP contribution in [0.15, 0.2) is 41.6 Å². The van der Waals surface area contributed by atoms with Crippen molar-refractivity contribution >= 4 is 11.7 Å². The summed E-state index contributed by atoms with van der Waals surface area (Å²) >= 11 is 0. The lowest BCUT2D eigenvalue weighted by Gasteiger charge is -2.18. The van der Waals surface area contributed by atoms with Gasteiger partial charge in [0.15, 0.2) is 0 Å². The lowest BCUT2D eigenvalue weighted by molar-refractivity contribution is -0.143. The smallest absolute Gasteiger partial charge is 0.306 e. The first kappa shape index (κ1) is 30.0. The molecule has 2 rings (SSSR count). The number of esters is 1. The number of carbonyl (C=O) groups excluding carboxylic acids is 1. The summed E-state index contributed by atoms with van der Waals surface area (Å²) in [7, 11) is 0. The summed E-state index contributed by atoms with van der Waals surface area (Å²) in [5.74, 6) is 2.77. The minimum absolute atomic E-state index is 0.228. The number of carbonyl (C=O) groups is 1. The predicted molar refractivity (Wildman–Crippen MR) is 146 cm³/mol. The predicted octanol–water partition coefficient (Wildman–Crippen LogP) is 6.51. The Hall–Kier alpha value is -3.22. The van der Waals surface area contributed by atoms with Gasteiger partial charge in [-0.25, -0.2) is 0 Å². The molecule has 2 aromatic carbocycles. The zero-order valence-corrected chi connectivity index (χ0v) is 23.4. The number of ether oxygens (including phenoxy) is 4. The van der Waals surface area contributed by atoms with Crippen molar-refractivity contribution in [3.63, 3.8) is 0 Å². The van der Waals surface area contributed by atoms with Crippen LogP contribution < -0.4 is 14.2 Å². The fourth-order valence-electron chi connectivity index (χ4n) is 3.48. The summed E-state index contributed by atoms with van der Waals surface area (Å²) in [6.45, 7) is 16.3. The monoisotopic (exact) mass is 513 g/mol. The maximum atomic E-state index is 12.0. The molecule has 0 amide bonds. The third-order valence-corrected chi connectivity index (χ3v) is 5.27. The number of hydrogen-bond donors (Lipinski definition) is 1. The Kier molecular flexibility index (Phi) is 12.3. The minimum atomic E-state index is -0.264. The number of nitrogens with zero attached hydrogens (tertiary/aromatic N) is 1. The maximum absolute atomic E-state index is 12.0. The topological polar surface area (TPSA) is 86.6 Å². The SMILES string of the molecule is CCOC(=O)CCc1cc(C(=NO)c2ccc(OCC(C)C)cc2OCC(C)C)ccc1OCC(C)C. The summed E-state index contributed by atoms with van der Waals surface area (Å²) in [5, 5.41) is 13.8. The Morgan fingerprint density at radius 2 is 1.46 bits per heavy atom. The van der Waals surface area contributed by atoms with Gasteiger partial charge in [-0.05, 0) is 67.0 Å². The molecule has 0 saturated carbocycles. The molecule has 7 heteroatoms. The van der Waals surface area contributed by atoms with E-state index in [1.165, 1.54) is 0 Å². The van der Waals surface area contributed by atoms with Gasteiger partial charge in [0.25, 0.3) is 0 Å². The third kappa shape index (κ3) is 9.98. The molecule has 7 nitrogen and oxygen atoms in total. The van der Waals surface area contributed by atoms with E-state index in [2.05, 4.69) is 46.7 Å². The highest BCUT2D eigenvalue weighted by Crippen LogP contribution is 2.30. The van der Waals surface area contributed by atoms with Crippen LogP contribution >= 0.6 is 0 Å². The minimum Gasteiger partial charge on any atom is -0.493 e. The van der Waals surface area contributed by atoms with Crippen LogP contribution in [0.1, 0.15) is 71.6 Å². The molecule has 1 N–H and O–H groups in total. The number of oxime groups is 1. The van der Waals surface area contributed by atoms with Crippen molar-refractivity contribution in [3.8, 4) is 17.2 Å². The lowest BCUT2D eigenvalue weighted by atomic mass is 9.97. The first-order valence-electron chi connectivity index (χ1n) is 13.2. The van der Waals surface area contributed by atoms with Gasteiger partial charge < -0.3 is 24.2 Å². The van der Waals surface area contributed by atoms with E-state index >= 15 is 0 Å². The quantitative estimate of drug-likeness (QED) is 0.126. The molecule has 0 atom stereocenters. The first-order chi connectivity index (χ1) is 17.6. The van der Waals surface area contributed by atoms with Gasteiger partial charge in [0.1, 0.15) is 23.0 Å². The van der Waals surface area contributed by atoms with Gasteiger partial charge in [-0.15, -0.1) is 0 Å². The zero-order valence-electron chi connectivity index (χ0n) is 23.4. The molecule has 0 aromatic heterocycles. The number of rotatable bonds is 15. The summed E-state index contributed by atoms with van der Waals surface area (Å²) in [6.07, 6.45) is 0.670. The van der Waals surface area contributed by atoms with Crippen molar-refractivity contribution in [2.45, 2.75) is 61.3 Å². The Balaban J connectivity index is 2.45. The van der Waals surface area contributed by atoms with Gasteiger partial charge in [0, 0.05) is 23.6 Å². The third-order valence-electron chi connectivity index (χ3n) is 5.27. The fourth-order valence-corrected chi connectivity index (χ4v) is 3.48. The standard InChI is InChI=1S/C30H43NO6/c1-8-34-29(32)14-10-23-15-24(9-13-27(23)36-18-21(4)5)30(31-33)26-12-11-25(35-17-20(2)3)16-28(26)37-19-22(6)7/h9,11-13,15-16,20-22,33H,8,10,14,17-19H2,1-7H3. The average molecular weight is 514 g/mol. The molecular weight excluding hydrogens is 470 g/mol. The van der Waals surface area contributed by atoms with Crippen molar-refractivity contribution < 1.29 is 28.9 Å². The highest BCUT2D eigenvalue weighted by molar-refractivity contribution is 6.14. The van der Waals surface area contributed by atoms with E-state index in [-0.39, 0.29) is 12.4 Å². The van der Waals surface area contributed by atoms with Crippen LogP contribution in [-0.4, -0.2) is 43.3 Å². The summed E-state index contributed by atoms with van der Waals surface area (Å²) in [6, 6.07) is 11.2. The largest absolute Gasteiger partial charge is 0.493 e. The van der Waals surface area contributed by atoms with E-state index < -0.39 is 0 Å². The second-order valence-corrected chi connectivity index (χ2v) is 10.3. The van der Waals surface area contributed by atoms with Gasteiger partial charge >= 0.3 is 5.97 Å². The van der Waals surface area contributed by atoms with E-state index in [1.807, 2.05) is 36.4 Å². The lowest BCUT2D eigenvalue weighted by Crippen LogP contribution is -2.13. The van der Waals surface area contributed by atoms with Crippen LogP contribution in [0, 0.1) is 17.8 Å². The molecule has 0 radical (unpaired) electrons. The Morgan fingerprint density at radius 1 is 0.838 bits per heavy atom. The highest BCUT2D eigenvalue weighted by atomic mass is 16.5. The first-order valence-corrected chi connectivity index (χ1v) is 13.2. The van der Waals surface area contributed by atoms with Gasteiger partial charge in [-0.2, -0.15) is 0 Å². The molecule has 0 fully saturated rings. The van der Waals surface area contributed by atoms with Gasteiger partial charge in [-0.3, -0.25) is 4.79 Å². The summed E-state index contributed by atoms with van der Waals surface area (Å²) in [5.41, 5.74) is 2.53. The van der Waals surface area contributed by atoms with Crippen LogP contribution in [0.25, 0.3) is 0 Å². The maximum Gasteiger partial charge on any atom is 0.306 e. The van der Waals surface area contributed by atoms with Crippen LogP contribution in [-0.2, 0) is 16.0 Å². The van der Waals surface area contributed by atoms with E-state index in [0.717, 1.165) is 5.56 Å². The van der Waals surface area contributed by atoms with Crippen LogP contribution in [0.5, 0.6) is 17.2 Å². The van der Waals surface area contributed by atoms with Crippen molar-refractivity contribution in [3.05, 3.63) is 53.1 Å². The van der Waals surface area contributed by atoms with E-state index in [0.29, 0.717) is 84.7 Å². The average Bonchev–Trinajstić information content (AvgIpc) is 2.85. The molecule has 0 aliphatic heterocycles. The van der Waals surface area contributed by atoms with Gasteiger partial charge in [-0.1, -0.05) is 46.7 Å². The van der Waals surface area contributed by atoms with E-state index in [1.54, 1.807) is 6.92 Å². The molecule has 2 aromatic rings. The van der Waals surface area contributed by atoms with Crippen molar-refractivity contribution in [1.29, 1.82) is 0 Å². The molecule has 0 heterocycles. The molecule has 0 saturated heterocycles. The zero-order chi connectivity index (χ0) is 27.4. The normalized spacial score (nSPS) is 11.8. The molecule has 37 heavy (non-hydrogen) atoms. The van der Waals surface area contributed by atoms with Crippen molar-refractivity contribution in [2.24, 2.45) is 22.9 Å². The van der Waals surface area contributed by atoms with E-state index in [4.69, 9.17) is 18.9 Å². The molecule has 0 aliphatic carbocycles. The van der Waals surface area contributed by atoms with Gasteiger partial charge in [0.05, 0.1) is 26.4 Å². The second-order valence-electron chi connectivity index (χ2n) is 10.3. The summed E-state index contributed by atoms with van der Waals surface area (Å²) < 4.78 is 23.1. The number of hydrogen-bond acceptors (Lipinski definition) is 7. The van der Waals surface area contributed by atoms with E-state index in [9.17, 15) is 10.0 Å². The van der Waals surface area contributed by atoms with Crippen LogP contribution in [0.3, 0.4) is 0 Å². The van der Waals surface area contributed by atoms with Crippen molar-refractivity contribution in [2.75, 3.05) is 26.4 Å². The van der Waals surface area contributed by atoms with Crippen LogP contribution in [0.4, 0.5) is 0 Å². The van der Waals surface area contributed by atoms with Gasteiger partial charge in [0.2, 0.25) is 0 Å². The molecule has 0 aliphatic rings. The Morgan fingerprint density at radius 3 is 2.05 bits per heavy atom. The summed E-state index contributed by atoms with van der Waals surface area (Å²) in [4.78, 5) is 12.0. The van der Waals surface area contributed by atoms with Crippen molar-refractivity contribution in [1.82, 2.24) is 0 Å². The number of benzene rings is 2. The fraction of sp³-hybridized carbons (Fsp3) is 0.533. The molecule has 0 spiro atoms. The second kappa shape index (κ2) is 15.1. The molecule has 0 bridgehead atoms. The Labute approximate surface area is 221 Å². The molecule has 0 unspecified atom stereocenters. The van der Waals surface area contributed by atoms with Crippen LogP contribution in [0.2, 0.25) is 0 Å². The number of aryl methyl sites for hydroxylation is 1. The highest BCUT2D eigenvalue weighted by Gasteiger charge is 2.18. The molecular formula is C30H43NO6. The molecule has 204 valence electrons.